The molecule has 0 aliphatic rings. The summed E-state index contributed by atoms with van der Waals surface area (Å²) in [6.07, 6.45) is 1.61. The molecule has 1 aromatic heterocycles. The van der Waals surface area contributed by atoms with E-state index in [0.717, 1.165) is 5.38 Å². The third kappa shape index (κ3) is 1.47. The van der Waals surface area contributed by atoms with E-state index in [-0.39, 0.29) is 0 Å². The van der Waals surface area contributed by atoms with Crippen molar-refractivity contribution in [2.24, 2.45) is 0 Å². The standard InChI is InChI=1S/C6H9O3Si/c1-7-10(8-2)6-4-3-5-9-6/h3-5H,1-2H3. The maximum Gasteiger partial charge on any atom is 0.462 e. The fraction of sp³-hybridized carbons (Fsp3) is 0.333. The summed E-state index contributed by atoms with van der Waals surface area (Å²) in [5.74, 6) is 0. The zero-order valence-corrected chi connectivity index (χ0v) is 6.96. The summed E-state index contributed by atoms with van der Waals surface area (Å²) in [6, 6.07) is 3.67. The number of furan rings is 1. The quantitative estimate of drug-likeness (QED) is 0.590. The number of hydrogen-bond acceptors (Lipinski definition) is 3. The number of rotatable bonds is 3. The van der Waals surface area contributed by atoms with Crippen LogP contribution in [0.4, 0.5) is 0 Å². The molecule has 0 aromatic carbocycles. The van der Waals surface area contributed by atoms with Crippen molar-refractivity contribution in [1.82, 2.24) is 0 Å². The van der Waals surface area contributed by atoms with Crippen LogP contribution in [0.25, 0.3) is 0 Å². The van der Waals surface area contributed by atoms with E-state index in [4.69, 9.17) is 13.3 Å². The van der Waals surface area contributed by atoms with Crippen LogP contribution >= 0.6 is 0 Å². The van der Waals surface area contributed by atoms with Crippen LogP contribution < -0.4 is 5.38 Å². The Bertz CT molecular complexity index is 169. The summed E-state index contributed by atoms with van der Waals surface area (Å²) in [7, 11) is 1.90. The van der Waals surface area contributed by atoms with Crippen LogP contribution in [0.15, 0.2) is 22.8 Å². The van der Waals surface area contributed by atoms with Gasteiger partial charge in [-0.2, -0.15) is 0 Å². The summed E-state index contributed by atoms with van der Waals surface area (Å²) >= 11 is 0. The molecule has 0 fully saturated rings. The molecule has 0 aliphatic heterocycles. The molecule has 0 aliphatic carbocycles. The second kappa shape index (κ2) is 3.55. The average molecular weight is 157 g/mol. The smallest absolute Gasteiger partial charge is 0.462 e. The second-order valence-corrected chi connectivity index (χ2v) is 3.56. The molecule has 0 atom stereocenters. The van der Waals surface area contributed by atoms with Crippen molar-refractivity contribution in [1.29, 1.82) is 0 Å². The predicted molar refractivity (Wildman–Crippen MR) is 38.1 cm³/mol. The van der Waals surface area contributed by atoms with Crippen LogP contribution in [0.2, 0.25) is 0 Å². The van der Waals surface area contributed by atoms with Gasteiger partial charge in [-0.05, 0) is 12.1 Å². The monoisotopic (exact) mass is 157 g/mol. The van der Waals surface area contributed by atoms with Crippen LogP contribution in [-0.4, -0.2) is 23.5 Å². The third-order valence-electron chi connectivity index (χ3n) is 1.09. The Balaban J connectivity index is 2.64. The van der Waals surface area contributed by atoms with Gasteiger partial charge in [-0.15, -0.1) is 0 Å². The van der Waals surface area contributed by atoms with E-state index in [0.29, 0.717) is 0 Å². The molecule has 0 N–H and O–H groups in total. The summed E-state index contributed by atoms with van der Waals surface area (Å²) in [5.41, 5.74) is 0. The second-order valence-electron chi connectivity index (χ2n) is 1.67. The minimum atomic E-state index is -1.32. The lowest BCUT2D eigenvalue weighted by Gasteiger charge is -2.03. The van der Waals surface area contributed by atoms with E-state index < -0.39 is 9.28 Å². The van der Waals surface area contributed by atoms with Gasteiger partial charge >= 0.3 is 9.28 Å². The van der Waals surface area contributed by atoms with Gasteiger partial charge in [0.05, 0.1) is 6.26 Å². The summed E-state index contributed by atoms with van der Waals surface area (Å²) in [4.78, 5) is 0. The maximum absolute atomic E-state index is 5.07. The van der Waals surface area contributed by atoms with Gasteiger partial charge in [0, 0.05) is 14.2 Å². The van der Waals surface area contributed by atoms with Gasteiger partial charge in [0.15, 0.2) is 0 Å². The van der Waals surface area contributed by atoms with Gasteiger partial charge in [0.25, 0.3) is 0 Å². The molecule has 0 saturated heterocycles. The highest BCUT2D eigenvalue weighted by Crippen LogP contribution is 1.89. The van der Waals surface area contributed by atoms with E-state index in [2.05, 4.69) is 0 Å². The molecule has 4 heteroatoms. The predicted octanol–water partition coefficient (Wildman–Crippen LogP) is 0.268. The Morgan fingerprint density at radius 2 is 2.10 bits per heavy atom. The van der Waals surface area contributed by atoms with Crippen LogP contribution in [0, 0.1) is 0 Å². The molecule has 1 rings (SSSR count). The van der Waals surface area contributed by atoms with Crippen LogP contribution in [0.5, 0.6) is 0 Å². The van der Waals surface area contributed by atoms with Gasteiger partial charge in [0.2, 0.25) is 0 Å². The Hall–Kier alpha value is -0.583. The SMILES string of the molecule is CO[Si](OC)c1ccco1. The molecule has 10 heavy (non-hydrogen) atoms. The zero-order chi connectivity index (χ0) is 7.40. The van der Waals surface area contributed by atoms with Crippen molar-refractivity contribution in [3.05, 3.63) is 18.4 Å². The number of hydrogen-bond donors (Lipinski definition) is 0. The lowest BCUT2D eigenvalue weighted by Crippen LogP contribution is -2.33. The Morgan fingerprint density at radius 3 is 2.50 bits per heavy atom. The fourth-order valence-corrected chi connectivity index (χ4v) is 1.64. The molecular weight excluding hydrogens is 148 g/mol. The first-order valence-electron chi connectivity index (χ1n) is 2.87. The van der Waals surface area contributed by atoms with Crippen molar-refractivity contribution in [2.75, 3.05) is 14.2 Å². The molecule has 0 spiro atoms. The first kappa shape index (κ1) is 7.52. The summed E-state index contributed by atoms with van der Waals surface area (Å²) in [6.45, 7) is 0. The highest BCUT2D eigenvalue weighted by molar-refractivity contribution is 6.59. The van der Waals surface area contributed by atoms with Crippen LogP contribution in [-0.2, 0) is 8.85 Å². The van der Waals surface area contributed by atoms with E-state index in [9.17, 15) is 0 Å². The zero-order valence-electron chi connectivity index (χ0n) is 5.96. The van der Waals surface area contributed by atoms with E-state index in [1.54, 1.807) is 20.5 Å². The fourth-order valence-electron chi connectivity index (χ4n) is 0.679. The molecule has 0 amide bonds. The third-order valence-corrected chi connectivity index (χ3v) is 2.52. The molecule has 55 valence electrons. The molecular formula is C6H9O3Si. The van der Waals surface area contributed by atoms with Crippen molar-refractivity contribution in [2.45, 2.75) is 0 Å². The molecule has 3 nitrogen and oxygen atoms in total. The summed E-state index contributed by atoms with van der Waals surface area (Å²) in [5, 5.41) is 0.787. The Morgan fingerprint density at radius 1 is 1.40 bits per heavy atom. The van der Waals surface area contributed by atoms with E-state index in [1.165, 1.54) is 0 Å². The van der Waals surface area contributed by atoms with Crippen molar-refractivity contribution < 1.29 is 13.3 Å². The van der Waals surface area contributed by atoms with Crippen molar-refractivity contribution in [3.8, 4) is 0 Å². The van der Waals surface area contributed by atoms with Crippen molar-refractivity contribution >= 4 is 14.7 Å². The Labute approximate surface area is 61.4 Å². The normalized spacial score (nSPS) is 10.7. The minimum absolute atomic E-state index is 0.787. The molecule has 1 radical (unpaired) electrons. The molecule has 1 aromatic rings. The molecule has 0 saturated carbocycles. The van der Waals surface area contributed by atoms with E-state index >= 15 is 0 Å². The summed E-state index contributed by atoms with van der Waals surface area (Å²) < 4.78 is 15.1. The van der Waals surface area contributed by atoms with E-state index in [1.807, 2.05) is 12.1 Å². The largest absolute Gasteiger partial charge is 0.469 e. The van der Waals surface area contributed by atoms with Crippen molar-refractivity contribution in [3.63, 3.8) is 0 Å². The molecule has 0 bridgehead atoms. The van der Waals surface area contributed by atoms with Gasteiger partial charge in [0.1, 0.15) is 5.38 Å². The minimum Gasteiger partial charge on any atom is -0.469 e. The van der Waals surface area contributed by atoms with Gasteiger partial charge < -0.3 is 13.3 Å². The van der Waals surface area contributed by atoms with Crippen LogP contribution in [0.3, 0.4) is 0 Å². The first-order valence-corrected chi connectivity index (χ1v) is 4.19. The first-order chi connectivity index (χ1) is 4.88. The highest BCUT2D eigenvalue weighted by atomic mass is 28.3. The maximum atomic E-state index is 5.07. The molecule has 0 unspecified atom stereocenters. The topological polar surface area (TPSA) is 31.6 Å². The average Bonchev–Trinajstić information content (AvgIpc) is 2.43. The molecule has 1 heterocycles. The lowest BCUT2D eigenvalue weighted by atomic mass is 10.7. The Kier molecular flexibility index (Phi) is 2.67. The van der Waals surface area contributed by atoms with Crippen LogP contribution in [0.1, 0.15) is 0 Å². The van der Waals surface area contributed by atoms with Gasteiger partial charge in [-0.25, -0.2) is 0 Å². The lowest BCUT2D eigenvalue weighted by molar-refractivity contribution is 0.285. The van der Waals surface area contributed by atoms with Gasteiger partial charge in [-0.1, -0.05) is 0 Å². The highest BCUT2D eigenvalue weighted by Gasteiger charge is 2.18. The van der Waals surface area contributed by atoms with Gasteiger partial charge in [-0.3, -0.25) is 0 Å².